The Morgan fingerprint density at radius 2 is 1.96 bits per heavy atom. The molecule has 0 bridgehead atoms. The van der Waals surface area contributed by atoms with Gasteiger partial charge in [0.15, 0.2) is 17.7 Å². The zero-order valence-corrected chi connectivity index (χ0v) is 15.1. The van der Waals surface area contributed by atoms with Crippen LogP contribution in [0.4, 0.5) is 5.82 Å². The Hall–Kier alpha value is -1.85. The Bertz CT molecular complexity index is 845. The second-order valence-corrected chi connectivity index (χ2v) is 7.62. The molecule has 26 heavy (non-hydrogen) atoms. The van der Waals surface area contributed by atoms with E-state index in [4.69, 9.17) is 19.9 Å². The molecule has 2 aromatic rings. The Labute approximate surface area is 149 Å². The lowest BCUT2D eigenvalue weighted by Gasteiger charge is -2.23. The first-order valence-corrected chi connectivity index (χ1v) is 8.46. The van der Waals surface area contributed by atoms with Crippen LogP contribution in [-0.4, -0.2) is 60.7 Å². The average molecular weight is 365 g/mol. The Morgan fingerprint density at radius 3 is 2.62 bits per heavy atom. The maximum atomic E-state index is 10.5. The van der Waals surface area contributed by atoms with Gasteiger partial charge in [-0.15, -0.1) is 0 Å². The number of anilines is 1. The van der Waals surface area contributed by atoms with Gasteiger partial charge in [-0.25, -0.2) is 14.6 Å². The number of nitrogens with zero attached hydrogens (tertiary/aromatic N) is 4. The van der Waals surface area contributed by atoms with Gasteiger partial charge < -0.3 is 30.2 Å². The highest BCUT2D eigenvalue weighted by Crippen LogP contribution is 2.44. The van der Waals surface area contributed by atoms with Crippen LogP contribution in [0.15, 0.2) is 6.33 Å². The van der Waals surface area contributed by atoms with Crippen LogP contribution in [-0.2, 0) is 19.8 Å². The summed E-state index contributed by atoms with van der Waals surface area (Å²) in [4.78, 5) is 8.29. The van der Waals surface area contributed by atoms with Crippen molar-refractivity contribution in [1.29, 1.82) is 0 Å². The van der Waals surface area contributed by atoms with E-state index in [1.807, 2.05) is 0 Å². The van der Waals surface area contributed by atoms with E-state index in [9.17, 15) is 10.2 Å². The number of nitrogen functional groups attached to an aromatic ring is 1. The van der Waals surface area contributed by atoms with E-state index in [0.29, 0.717) is 16.7 Å². The second-order valence-electron chi connectivity index (χ2n) is 7.62. The minimum Gasteiger partial charge on any atom is -0.394 e. The molecule has 142 valence electrons. The molecule has 10 heteroatoms. The van der Waals surface area contributed by atoms with Crippen LogP contribution < -0.4 is 5.73 Å². The molecule has 4 rings (SSSR count). The molecule has 0 aromatic carbocycles. The summed E-state index contributed by atoms with van der Waals surface area (Å²) in [5.74, 6) is -0.587. The van der Waals surface area contributed by atoms with E-state index in [1.54, 1.807) is 27.7 Å². The molecule has 4 N–H and O–H groups in total. The molecule has 2 aliphatic rings. The van der Waals surface area contributed by atoms with Crippen molar-refractivity contribution in [3.8, 4) is 0 Å². The van der Waals surface area contributed by atoms with Gasteiger partial charge in [-0.3, -0.25) is 0 Å². The Kier molecular flexibility index (Phi) is 3.76. The Morgan fingerprint density at radius 1 is 1.27 bits per heavy atom. The van der Waals surface area contributed by atoms with E-state index >= 15 is 0 Å². The lowest BCUT2D eigenvalue weighted by atomic mass is 10.0. The zero-order chi connectivity index (χ0) is 18.9. The van der Waals surface area contributed by atoms with Crippen molar-refractivity contribution < 1.29 is 24.4 Å². The Balaban J connectivity index is 1.86. The third-order valence-electron chi connectivity index (χ3n) is 4.64. The monoisotopic (exact) mass is 365 g/mol. The van der Waals surface area contributed by atoms with Gasteiger partial charge in [-0.2, -0.15) is 5.10 Å². The molecular formula is C16H23N5O5. The lowest BCUT2D eigenvalue weighted by Crippen LogP contribution is -2.31. The quantitative estimate of drug-likeness (QED) is 0.688. The van der Waals surface area contributed by atoms with E-state index in [0.717, 1.165) is 0 Å². The largest absolute Gasteiger partial charge is 0.394 e. The van der Waals surface area contributed by atoms with Crippen molar-refractivity contribution in [2.75, 3.05) is 12.3 Å². The van der Waals surface area contributed by atoms with Gasteiger partial charge in [0.2, 0.25) is 0 Å². The average Bonchev–Trinajstić information content (AvgIpc) is 3.15. The number of aliphatic hydroxyl groups excluding tert-OH is 1. The highest BCUT2D eigenvalue weighted by Gasteiger charge is 2.56. The van der Waals surface area contributed by atoms with Crippen LogP contribution in [0.2, 0.25) is 0 Å². The molecule has 0 amide bonds. The topological polar surface area (TPSA) is 138 Å². The summed E-state index contributed by atoms with van der Waals surface area (Å²) in [7, 11) is 0. The molecule has 0 saturated carbocycles. The van der Waals surface area contributed by atoms with Crippen molar-refractivity contribution in [2.24, 2.45) is 0 Å². The fraction of sp³-hybridized carbons (Fsp3) is 0.688. The van der Waals surface area contributed by atoms with Gasteiger partial charge in [-0.1, -0.05) is 0 Å². The summed E-state index contributed by atoms with van der Waals surface area (Å²) in [6.45, 7) is 6.62. The van der Waals surface area contributed by atoms with E-state index in [-0.39, 0.29) is 12.4 Å². The van der Waals surface area contributed by atoms with Gasteiger partial charge in [0.05, 0.1) is 12.0 Å². The summed E-state index contributed by atoms with van der Waals surface area (Å²) in [5, 5.41) is 25.2. The predicted molar refractivity (Wildman–Crippen MR) is 89.8 cm³/mol. The summed E-state index contributed by atoms with van der Waals surface area (Å²) in [6.07, 6.45) is -0.849. The molecule has 2 saturated heterocycles. The molecular weight excluding hydrogens is 342 g/mol. The minimum absolute atomic E-state index is 0.216. The number of aliphatic hydroxyl groups is 2. The molecule has 0 unspecified atom stereocenters. The third-order valence-corrected chi connectivity index (χ3v) is 4.64. The maximum absolute atomic E-state index is 10.5. The van der Waals surface area contributed by atoms with Crippen molar-refractivity contribution in [3.05, 3.63) is 12.0 Å². The molecule has 2 fully saturated rings. The molecule has 4 atom stereocenters. The van der Waals surface area contributed by atoms with Crippen LogP contribution in [0.25, 0.3) is 11.0 Å². The summed E-state index contributed by atoms with van der Waals surface area (Å²) in [6, 6.07) is 0. The molecule has 10 nitrogen and oxygen atoms in total. The molecule has 0 radical (unpaired) electrons. The fourth-order valence-electron chi connectivity index (χ4n) is 3.60. The van der Waals surface area contributed by atoms with Gasteiger partial charge >= 0.3 is 0 Å². The molecule has 0 spiro atoms. The lowest BCUT2D eigenvalue weighted by molar-refractivity contribution is -0.201. The van der Waals surface area contributed by atoms with Crippen molar-refractivity contribution in [1.82, 2.24) is 19.7 Å². The number of rotatable bonds is 3. The van der Waals surface area contributed by atoms with Gasteiger partial charge in [-0.05, 0) is 27.7 Å². The highest BCUT2D eigenvalue weighted by atomic mass is 16.8. The van der Waals surface area contributed by atoms with Crippen LogP contribution >= 0.6 is 0 Å². The van der Waals surface area contributed by atoms with Gasteiger partial charge in [0, 0.05) is 0 Å². The number of ether oxygens (including phenoxy) is 3. The SMILES string of the molecule is CC1(C)O[C@@H]2[C@H](O1)[C@@H](CO)O[C@H]2n1nc(C(C)(C)O)c2c(N)ncnc21. The van der Waals surface area contributed by atoms with Crippen LogP contribution in [0.3, 0.4) is 0 Å². The minimum atomic E-state index is -1.26. The molecule has 4 heterocycles. The highest BCUT2D eigenvalue weighted by molar-refractivity contribution is 5.88. The second kappa shape index (κ2) is 5.57. The smallest absolute Gasteiger partial charge is 0.181 e. The number of aromatic nitrogens is 4. The summed E-state index contributed by atoms with van der Waals surface area (Å²) < 4.78 is 19.3. The fourth-order valence-corrected chi connectivity index (χ4v) is 3.60. The van der Waals surface area contributed by atoms with Crippen molar-refractivity contribution in [3.63, 3.8) is 0 Å². The summed E-state index contributed by atoms with van der Waals surface area (Å²) in [5.41, 5.74) is 5.52. The number of hydrogen-bond donors (Lipinski definition) is 3. The van der Waals surface area contributed by atoms with Crippen LogP contribution in [0.1, 0.15) is 39.6 Å². The first-order chi connectivity index (χ1) is 12.1. The number of fused-ring (bicyclic) bond motifs is 2. The van der Waals surface area contributed by atoms with Gasteiger partial charge in [0.1, 0.15) is 41.8 Å². The van der Waals surface area contributed by atoms with E-state index in [1.165, 1.54) is 11.0 Å². The van der Waals surface area contributed by atoms with E-state index in [2.05, 4.69) is 15.1 Å². The summed E-state index contributed by atoms with van der Waals surface area (Å²) >= 11 is 0. The zero-order valence-electron chi connectivity index (χ0n) is 15.1. The molecule has 0 aliphatic carbocycles. The van der Waals surface area contributed by atoms with Crippen molar-refractivity contribution >= 4 is 16.9 Å². The maximum Gasteiger partial charge on any atom is 0.181 e. The third kappa shape index (κ3) is 2.57. The van der Waals surface area contributed by atoms with Crippen LogP contribution in [0, 0.1) is 0 Å². The van der Waals surface area contributed by atoms with Crippen LogP contribution in [0.5, 0.6) is 0 Å². The number of hydrogen-bond acceptors (Lipinski definition) is 9. The standard InChI is InChI=1S/C16H23N5O5/c1-15(2,23)11-8-12(17)18-6-19-13(8)21(20-11)14-10-9(7(5-22)24-14)25-16(3,4)26-10/h6-7,9-10,14,22-23H,5H2,1-4H3,(H2,17,18,19)/t7-,9-,10-,14-/m1/s1. The number of nitrogens with two attached hydrogens (primary N) is 1. The predicted octanol–water partition coefficient (Wildman–Crippen LogP) is 0.0457. The first-order valence-electron chi connectivity index (χ1n) is 8.46. The normalized spacial score (nSPS) is 30.8. The van der Waals surface area contributed by atoms with Gasteiger partial charge in [0.25, 0.3) is 0 Å². The first kappa shape index (κ1) is 17.6. The molecule has 2 aromatic heterocycles. The molecule has 2 aliphatic heterocycles. The van der Waals surface area contributed by atoms with Crippen molar-refractivity contribution in [2.45, 2.75) is 63.6 Å². The van der Waals surface area contributed by atoms with E-state index < -0.39 is 35.9 Å².